The van der Waals surface area contributed by atoms with E-state index in [9.17, 15) is 4.79 Å². The van der Waals surface area contributed by atoms with E-state index < -0.39 is 0 Å². The minimum atomic E-state index is -0.130. The van der Waals surface area contributed by atoms with Crippen LogP contribution >= 0.6 is 0 Å². The van der Waals surface area contributed by atoms with Crippen molar-refractivity contribution in [2.45, 2.75) is 12.5 Å². The highest BCUT2D eigenvalue weighted by atomic mass is 16.5. The standard InChI is InChI=1S/C14H17N5O2/c1-21-13-5-3-2-4-12(13)17-14(20)18-9-6-11(10-18)19-15-7-8-16-19/h2-5,7-8,11H,6,9-10H2,1H3,(H,17,20). The number of carbonyl (C=O) groups excluding carboxylic acids is 1. The van der Waals surface area contributed by atoms with Crippen molar-refractivity contribution in [2.24, 2.45) is 0 Å². The maximum absolute atomic E-state index is 12.3. The highest BCUT2D eigenvalue weighted by Gasteiger charge is 2.28. The topological polar surface area (TPSA) is 72.3 Å². The summed E-state index contributed by atoms with van der Waals surface area (Å²) >= 11 is 0. The first-order chi connectivity index (χ1) is 10.3. The Morgan fingerprint density at radius 2 is 2.10 bits per heavy atom. The molecular formula is C14H17N5O2. The molecule has 1 N–H and O–H groups in total. The zero-order valence-electron chi connectivity index (χ0n) is 11.8. The van der Waals surface area contributed by atoms with E-state index in [0.717, 1.165) is 6.42 Å². The van der Waals surface area contributed by atoms with Crippen molar-refractivity contribution in [2.75, 3.05) is 25.5 Å². The summed E-state index contributed by atoms with van der Waals surface area (Å²) in [5.74, 6) is 0.648. The molecule has 0 spiro atoms. The van der Waals surface area contributed by atoms with Crippen molar-refractivity contribution in [1.82, 2.24) is 19.9 Å². The number of ether oxygens (including phenoxy) is 1. The maximum atomic E-state index is 12.3. The Morgan fingerprint density at radius 1 is 1.33 bits per heavy atom. The average molecular weight is 287 g/mol. The van der Waals surface area contributed by atoms with E-state index in [4.69, 9.17) is 4.74 Å². The lowest BCUT2D eigenvalue weighted by Gasteiger charge is -2.18. The van der Waals surface area contributed by atoms with Crippen molar-refractivity contribution in [1.29, 1.82) is 0 Å². The molecule has 1 aromatic carbocycles. The number of benzene rings is 1. The molecule has 1 atom stereocenters. The molecular weight excluding hydrogens is 270 g/mol. The number of amides is 2. The van der Waals surface area contributed by atoms with Gasteiger partial charge in [0.2, 0.25) is 0 Å². The molecule has 0 aliphatic carbocycles. The third kappa shape index (κ3) is 2.81. The Hall–Kier alpha value is -2.57. The Balaban J connectivity index is 1.64. The molecule has 2 amide bonds. The van der Waals surface area contributed by atoms with Crippen molar-refractivity contribution in [3.63, 3.8) is 0 Å². The van der Waals surface area contributed by atoms with Gasteiger partial charge in [-0.05, 0) is 18.6 Å². The molecule has 2 aromatic rings. The smallest absolute Gasteiger partial charge is 0.322 e. The lowest BCUT2D eigenvalue weighted by Crippen LogP contribution is -2.33. The van der Waals surface area contributed by atoms with Gasteiger partial charge < -0.3 is 15.0 Å². The highest BCUT2D eigenvalue weighted by Crippen LogP contribution is 2.25. The normalized spacial score (nSPS) is 17.8. The lowest BCUT2D eigenvalue weighted by atomic mass is 10.3. The Labute approximate surface area is 122 Å². The lowest BCUT2D eigenvalue weighted by molar-refractivity contribution is 0.220. The zero-order chi connectivity index (χ0) is 14.7. The van der Waals surface area contributed by atoms with E-state index in [-0.39, 0.29) is 12.1 Å². The van der Waals surface area contributed by atoms with Crippen LogP contribution < -0.4 is 10.1 Å². The van der Waals surface area contributed by atoms with Crippen LogP contribution in [0, 0.1) is 0 Å². The first kappa shape index (κ1) is 13.4. The molecule has 1 saturated heterocycles. The van der Waals surface area contributed by atoms with E-state index in [0.29, 0.717) is 24.5 Å². The van der Waals surface area contributed by atoms with Gasteiger partial charge in [0, 0.05) is 13.1 Å². The fourth-order valence-electron chi connectivity index (χ4n) is 2.47. The second kappa shape index (κ2) is 5.82. The SMILES string of the molecule is COc1ccccc1NC(=O)N1CCC(n2nccn2)C1. The first-order valence-electron chi connectivity index (χ1n) is 6.82. The molecule has 1 aliphatic heterocycles. The van der Waals surface area contributed by atoms with E-state index in [1.165, 1.54) is 0 Å². The summed E-state index contributed by atoms with van der Waals surface area (Å²) in [5.41, 5.74) is 0.672. The molecule has 1 fully saturated rings. The average Bonchev–Trinajstić information content (AvgIpc) is 3.18. The van der Waals surface area contributed by atoms with E-state index in [1.54, 1.807) is 29.2 Å². The maximum Gasteiger partial charge on any atom is 0.322 e. The number of methoxy groups -OCH3 is 1. The number of carbonyl (C=O) groups is 1. The fourth-order valence-corrected chi connectivity index (χ4v) is 2.47. The van der Waals surface area contributed by atoms with Crippen molar-refractivity contribution < 1.29 is 9.53 Å². The predicted molar refractivity (Wildman–Crippen MR) is 77.3 cm³/mol. The molecule has 21 heavy (non-hydrogen) atoms. The number of nitrogens with zero attached hydrogens (tertiary/aromatic N) is 4. The molecule has 1 unspecified atom stereocenters. The molecule has 7 nitrogen and oxygen atoms in total. The number of hydrogen-bond donors (Lipinski definition) is 1. The van der Waals surface area contributed by atoms with Crippen molar-refractivity contribution >= 4 is 11.7 Å². The molecule has 7 heteroatoms. The van der Waals surface area contributed by atoms with Gasteiger partial charge in [-0.2, -0.15) is 15.0 Å². The number of anilines is 1. The third-order valence-electron chi connectivity index (χ3n) is 3.56. The van der Waals surface area contributed by atoms with Crippen LogP contribution in [0.15, 0.2) is 36.7 Å². The first-order valence-corrected chi connectivity index (χ1v) is 6.82. The summed E-state index contributed by atoms with van der Waals surface area (Å²) < 4.78 is 5.23. The monoisotopic (exact) mass is 287 g/mol. The van der Waals surface area contributed by atoms with E-state index in [2.05, 4.69) is 15.5 Å². The predicted octanol–water partition coefficient (Wildman–Crippen LogP) is 1.77. The largest absolute Gasteiger partial charge is 0.495 e. The van der Waals surface area contributed by atoms with Crippen LogP contribution in [0.3, 0.4) is 0 Å². The molecule has 0 radical (unpaired) electrons. The third-order valence-corrected chi connectivity index (χ3v) is 3.56. The summed E-state index contributed by atoms with van der Waals surface area (Å²) in [4.78, 5) is 15.7. The number of urea groups is 1. The zero-order valence-corrected chi connectivity index (χ0v) is 11.8. The molecule has 2 heterocycles. The summed E-state index contributed by atoms with van der Waals surface area (Å²) in [6, 6.07) is 7.37. The van der Waals surface area contributed by atoms with E-state index in [1.807, 2.05) is 24.3 Å². The summed E-state index contributed by atoms with van der Waals surface area (Å²) in [6.45, 7) is 1.29. The highest BCUT2D eigenvalue weighted by molar-refractivity contribution is 5.91. The fraction of sp³-hybridized carbons (Fsp3) is 0.357. The van der Waals surface area contributed by atoms with Gasteiger partial charge in [-0.15, -0.1) is 0 Å². The van der Waals surface area contributed by atoms with Crippen LogP contribution in [0.2, 0.25) is 0 Å². The van der Waals surface area contributed by atoms with Crippen LogP contribution in [0.1, 0.15) is 12.5 Å². The van der Waals surface area contributed by atoms with Crippen molar-refractivity contribution in [3.8, 4) is 5.75 Å². The number of aromatic nitrogens is 3. The molecule has 1 aromatic heterocycles. The van der Waals surface area contributed by atoms with E-state index >= 15 is 0 Å². The van der Waals surface area contributed by atoms with Gasteiger partial charge in [0.15, 0.2) is 0 Å². The summed E-state index contributed by atoms with van der Waals surface area (Å²) in [5, 5.41) is 11.1. The van der Waals surface area contributed by atoms with Crippen LogP contribution in [0.25, 0.3) is 0 Å². The van der Waals surface area contributed by atoms with Gasteiger partial charge >= 0.3 is 6.03 Å². The summed E-state index contributed by atoms with van der Waals surface area (Å²) in [6.07, 6.45) is 4.16. The number of hydrogen-bond acceptors (Lipinski definition) is 4. The van der Waals surface area contributed by atoms with Gasteiger partial charge in [0.1, 0.15) is 5.75 Å². The molecule has 3 rings (SSSR count). The second-order valence-electron chi connectivity index (χ2n) is 4.87. The van der Waals surface area contributed by atoms with Gasteiger partial charge in [-0.25, -0.2) is 4.79 Å². The Kier molecular flexibility index (Phi) is 3.72. The number of rotatable bonds is 3. The Bertz CT molecular complexity index is 614. The van der Waals surface area contributed by atoms with Crippen LogP contribution in [-0.2, 0) is 0 Å². The number of para-hydroxylation sites is 2. The van der Waals surface area contributed by atoms with Gasteiger partial charge in [0.05, 0.1) is 31.2 Å². The Morgan fingerprint density at radius 3 is 2.86 bits per heavy atom. The number of likely N-dealkylation sites (tertiary alicyclic amines) is 1. The van der Waals surface area contributed by atoms with Gasteiger partial charge in [0.25, 0.3) is 0 Å². The van der Waals surface area contributed by atoms with Gasteiger partial charge in [-0.3, -0.25) is 0 Å². The minimum absolute atomic E-state index is 0.130. The molecule has 0 bridgehead atoms. The van der Waals surface area contributed by atoms with Gasteiger partial charge in [-0.1, -0.05) is 12.1 Å². The van der Waals surface area contributed by atoms with Crippen LogP contribution in [0.5, 0.6) is 5.75 Å². The molecule has 1 aliphatic rings. The van der Waals surface area contributed by atoms with Crippen LogP contribution in [0.4, 0.5) is 10.5 Å². The second-order valence-corrected chi connectivity index (χ2v) is 4.87. The quantitative estimate of drug-likeness (QED) is 0.933. The van der Waals surface area contributed by atoms with Crippen LogP contribution in [-0.4, -0.2) is 46.1 Å². The molecule has 0 saturated carbocycles. The number of nitrogens with one attached hydrogen (secondary N) is 1. The minimum Gasteiger partial charge on any atom is -0.495 e. The summed E-state index contributed by atoms with van der Waals surface area (Å²) in [7, 11) is 1.58. The van der Waals surface area contributed by atoms with Crippen molar-refractivity contribution in [3.05, 3.63) is 36.7 Å². The molecule has 110 valence electrons.